The van der Waals surface area contributed by atoms with Gasteiger partial charge in [0.1, 0.15) is 0 Å². The van der Waals surface area contributed by atoms with Crippen LogP contribution in [0.4, 0.5) is 11.4 Å². The highest BCUT2D eigenvalue weighted by Gasteiger charge is 2.34. The third kappa shape index (κ3) is 6.06. The summed E-state index contributed by atoms with van der Waals surface area (Å²) in [7, 11) is 0. The molecule has 1 fully saturated rings. The first-order chi connectivity index (χ1) is 19.3. The monoisotopic (exact) mass is 569 g/mol. The van der Waals surface area contributed by atoms with E-state index in [1.54, 1.807) is 0 Å². The van der Waals surface area contributed by atoms with E-state index in [1.165, 1.54) is 22.9 Å². The summed E-state index contributed by atoms with van der Waals surface area (Å²) in [5.41, 5.74) is 6.41. The maximum absolute atomic E-state index is 13.7. The van der Waals surface area contributed by atoms with Gasteiger partial charge in [-0.2, -0.15) is 0 Å². The number of fused-ring (bicyclic) bond motifs is 1. The Labute approximate surface area is 247 Å². The number of thioether (sulfide) groups is 1. The summed E-state index contributed by atoms with van der Waals surface area (Å²) in [6.07, 6.45) is 7.06. The Balaban J connectivity index is 1.46. The largest absolute Gasteiger partial charge is 0.362 e. The molecule has 0 radical (unpaired) electrons. The van der Waals surface area contributed by atoms with Gasteiger partial charge in [0.05, 0.1) is 16.1 Å². The van der Waals surface area contributed by atoms with Crippen molar-refractivity contribution in [1.29, 1.82) is 0 Å². The van der Waals surface area contributed by atoms with Crippen molar-refractivity contribution in [3.05, 3.63) is 105 Å². The lowest BCUT2D eigenvalue weighted by molar-refractivity contribution is -0.122. The van der Waals surface area contributed by atoms with Gasteiger partial charge >= 0.3 is 0 Å². The predicted octanol–water partition coefficient (Wildman–Crippen LogP) is 8.99. The number of halogens is 1. The first-order valence-corrected chi connectivity index (χ1v) is 15.2. The number of rotatable bonds is 8. The second-order valence-corrected chi connectivity index (χ2v) is 12.3. The van der Waals surface area contributed by atoms with Crippen molar-refractivity contribution in [1.82, 2.24) is 4.90 Å². The zero-order valence-electron chi connectivity index (χ0n) is 23.7. The number of carbonyl (C=O) groups is 1. The number of hydrogen-bond donors (Lipinski definition) is 0. The molecule has 3 aromatic carbocycles. The molecule has 1 saturated heterocycles. The molecule has 3 aromatic rings. The lowest BCUT2D eigenvalue weighted by Crippen LogP contribution is -2.45. The normalized spacial score (nSPS) is 18.4. The van der Waals surface area contributed by atoms with Crippen LogP contribution in [0.3, 0.4) is 0 Å². The molecule has 206 valence electrons. The lowest BCUT2D eigenvalue weighted by Gasteiger charge is -2.43. The van der Waals surface area contributed by atoms with Crippen molar-refractivity contribution in [3.63, 3.8) is 0 Å². The average Bonchev–Trinajstić information content (AvgIpc) is 3.21. The Hall–Kier alpha value is -3.28. The molecule has 0 saturated carbocycles. The number of para-hydroxylation sites is 1. The van der Waals surface area contributed by atoms with Gasteiger partial charge in [-0.15, -0.1) is 0 Å². The average molecular weight is 570 g/mol. The van der Waals surface area contributed by atoms with Gasteiger partial charge in [0.25, 0.3) is 5.91 Å². The van der Waals surface area contributed by atoms with Crippen molar-refractivity contribution in [3.8, 4) is 0 Å². The van der Waals surface area contributed by atoms with Crippen molar-refractivity contribution in [2.75, 3.05) is 18.0 Å². The van der Waals surface area contributed by atoms with Gasteiger partial charge in [-0.05, 0) is 98.8 Å². The summed E-state index contributed by atoms with van der Waals surface area (Å²) in [6.45, 7) is 10.4. The number of allylic oxidation sites excluding steroid dienone is 1. The van der Waals surface area contributed by atoms with Crippen LogP contribution in [0.5, 0.6) is 0 Å². The fourth-order valence-electron chi connectivity index (χ4n) is 5.49. The number of amides is 1. The Morgan fingerprint density at radius 2 is 1.70 bits per heavy atom. The van der Waals surface area contributed by atoms with Gasteiger partial charge in [0.2, 0.25) is 0 Å². The molecule has 2 heterocycles. The molecule has 0 unspecified atom stereocenters. The standard InChI is InChI=1S/C34H36ClN3OS/c1-5-18-38-30-22-29(35)26(20-28(30)24(2)23-34(38,3)4)21-31-32(39)37(19-12-15-25-13-8-6-9-14-25)33(40-31)36-27-16-10-7-11-17-27/h6-11,13-14,16-17,20-23H,5,12,15,18-19H2,1-4H3/b31-21+,36-33?. The zero-order chi connectivity index (χ0) is 28.3. The van der Waals surface area contributed by atoms with Crippen LogP contribution in [-0.4, -0.2) is 34.6 Å². The molecule has 0 N–H and O–H groups in total. The molecule has 2 aliphatic rings. The molecule has 1 amide bonds. The molecular formula is C34H36ClN3OS. The summed E-state index contributed by atoms with van der Waals surface area (Å²) in [5.74, 6) is -0.0254. The van der Waals surface area contributed by atoms with Gasteiger partial charge in [0.15, 0.2) is 5.17 Å². The van der Waals surface area contributed by atoms with Crippen LogP contribution in [0, 0.1) is 0 Å². The quantitative estimate of drug-likeness (QED) is 0.254. The van der Waals surface area contributed by atoms with E-state index in [-0.39, 0.29) is 11.4 Å². The lowest BCUT2D eigenvalue weighted by atomic mass is 9.87. The molecular weight excluding hydrogens is 534 g/mol. The number of amidine groups is 1. The molecule has 0 aromatic heterocycles. The summed E-state index contributed by atoms with van der Waals surface area (Å²) in [5, 5.41) is 1.35. The number of hydrogen-bond acceptors (Lipinski definition) is 4. The fourth-order valence-corrected chi connectivity index (χ4v) is 6.71. The van der Waals surface area contributed by atoms with Gasteiger partial charge < -0.3 is 4.90 Å². The van der Waals surface area contributed by atoms with Crippen LogP contribution in [0.2, 0.25) is 5.02 Å². The smallest absolute Gasteiger partial charge is 0.266 e. The third-order valence-electron chi connectivity index (χ3n) is 7.39. The predicted molar refractivity (Wildman–Crippen MR) is 172 cm³/mol. The highest BCUT2D eigenvalue weighted by atomic mass is 35.5. The first kappa shape index (κ1) is 28.3. The number of aliphatic imine (C=N–C) groups is 1. The summed E-state index contributed by atoms with van der Waals surface area (Å²) in [6, 6.07) is 24.4. The van der Waals surface area contributed by atoms with E-state index < -0.39 is 0 Å². The summed E-state index contributed by atoms with van der Waals surface area (Å²) < 4.78 is 0. The number of benzene rings is 3. The Kier molecular flexibility index (Phi) is 8.53. The Morgan fingerprint density at radius 1 is 1.00 bits per heavy atom. The molecule has 5 rings (SSSR count). The molecule has 2 aliphatic heterocycles. The maximum atomic E-state index is 13.7. The molecule has 0 bridgehead atoms. The van der Waals surface area contributed by atoms with Crippen molar-refractivity contribution in [2.45, 2.75) is 52.5 Å². The molecule has 4 nitrogen and oxygen atoms in total. The van der Waals surface area contributed by atoms with Crippen LogP contribution in [0.15, 0.2) is 88.8 Å². The molecule has 0 spiro atoms. The Morgan fingerprint density at radius 3 is 2.40 bits per heavy atom. The van der Waals surface area contributed by atoms with E-state index in [0.29, 0.717) is 21.6 Å². The second kappa shape index (κ2) is 12.1. The van der Waals surface area contributed by atoms with Gasteiger partial charge in [0, 0.05) is 29.4 Å². The second-order valence-electron chi connectivity index (χ2n) is 10.9. The van der Waals surface area contributed by atoms with Crippen molar-refractivity contribution >= 4 is 57.5 Å². The highest BCUT2D eigenvalue weighted by molar-refractivity contribution is 8.18. The number of aryl methyl sites for hydroxylation is 1. The van der Waals surface area contributed by atoms with Crippen LogP contribution in [0.1, 0.15) is 57.2 Å². The summed E-state index contributed by atoms with van der Waals surface area (Å²) >= 11 is 8.31. The topological polar surface area (TPSA) is 35.9 Å². The molecule has 0 aliphatic carbocycles. The van der Waals surface area contributed by atoms with E-state index in [2.05, 4.69) is 75.1 Å². The molecule has 0 atom stereocenters. The van der Waals surface area contributed by atoms with Crippen LogP contribution >= 0.6 is 23.4 Å². The number of carbonyl (C=O) groups excluding carboxylic acids is 1. The van der Waals surface area contributed by atoms with Gasteiger partial charge in [-0.25, -0.2) is 4.99 Å². The van der Waals surface area contributed by atoms with E-state index >= 15 is 0 Å². The van der Waals surface area contributed by atoms with Gasteiger partial charge in [-0.1, -0.05) is 73.1 Å². The van der Waals surface area contributed by atoms with E-state index in [9.17, 15) is 4.79 Å². The van der Waals surface area contributed by atoms with E-state index in [0.717, 1.165) is 48.3 Å². The van der Waals surface area contributed by atoms with E-state index in [4.69, 9.17) is 16.6 Å². The Bertz CT molecular complexity index is 1480. The third-order valence-corrected chi connectivity index (χ3v) is 8.72. The minimum Gasteiger partial charge on any atom is -0.362 e. The number of anilines is 1. The highest BCUT2D eigenvalue weighted by Crippen LogP contribution is 2.43. The first-order valence-electron chi connectivity index (χ1n) is 14.0. The van der Waals surface area contributed by atoms with E-state index in [1.807, 2.05) is 47.4 Å². The number of nitrogens with zero attached hydrogens (tertiary/aromatic N) is 3. The SMILES string of the molecule is CCCN1c2cc(Cl)c(/C=C3/SC(=Nc4ccccc4)N(CCCc4ccccc4)C3=O)cc2C(C)=CC1(C)C. The maximum Gasteiger partial charge on any atom is 0.266 e. The van der Waals surface area contributed by atoms with Crippen LogP contribution in [0.25, 0.3) is 11.6 Å². The minimum atomic E-state index is -0.0866. The van der Waals surface area contributed by atoms with Crippen LogP contribution < -0.4 is 4.90 Å². The summed E-state index contributed by atoms with van der Waals surface area (Å²) in [4.78, 5) is 23.5. The van der Waals surface area contributed by atoms with Crippen LogP contribution in [-0.2, 0) is 11.2 Å². The zero-order valence-corrected chi connectivity index (χ0v) is 25.2. The van der Waals surface area contributed by atoms with Gasteiger partial charge in [-0.3, -0.25) is 9.69 Å². The van der Waals surface area contributed by atoms with Crippen molar-refractivity contribution in [2.24, 2.45) is 4.99 Å². The molecule has 40 heavy (non-hydrogen) atoms. The minimum absolute atomic E-state index is 0.0254. The van der Waals surface area contributed by atoms with Crippen molar-refractivity contribution < 1.29 is 4.79 Å². The molecule has 6 heteroatoms. The fraction of sp³-hybridized carbons (Fsp3) is 0.294.